The molecule has 0 spiro atoms. The summed E-state index contributed by atoms with van der Waals surface area (Å²) in [6.45, 7) is 8.55. The van der Waals surface area contributed by atoms with Crippen LogP contribution in [0.5, 0.6) is 0 Å². The molecule has 10 nitrogen and oxygen atoms in total. The summed E-state index contributed by atoms with van der Waals surface area (Å²) in [5.41, 5.74) is 2.38. The molecule has 0 bridgehead atoms. The number of fused-ring (bicyclic) bond motifs is 1. The molecule has 0 radical (unpaired) electrons. The number of rotatable bonds is 5. The Bertz CT molecular complexity index is 1380. The van der Waals surface area contributed by atoms with E-state index in [0.29, 0.717) is 18.8 Å². The molecule has 1 aromatic carbocycles. The molecule has 3 fully saturated rings. The topological polar surface area (TPSA) is 112 Å². The fourth-order valence-electron chi connectivity index (χ4n) is 5.23. The zero-order chi connectivity index (χ0) is 23.5. The molecule has 1 saturated carbocycles. The smallest absolute Gasteiger partial charge is 0.414 e. The highest BCUT2D eigenvalue weighted by Crippen LogP contribution is 2.65. The molecule has 2 aliphatic heterocycles. The molecule has 1 aliphatic carbocycles. The van der Waals surface area contributed by atoms with Crippen LogP contribution in [-0.2, 0) is 26.7 Å². The molecular weight excluding hydrogens is 456 g/mol. The van der Waals surface area contributed by atoms with Gasteiger partial charge in [-0.1, -0.05) is 23.4 Å². The first-order valence-electron chi connectivity index (χ1n) is 10.9. The lowest BCUT2D eigenvalue weighted by molar-refractivity contribution is 0.129. The van der Waals surface area contributed by atoms with Gasteiger partial charge in [-0.2, -0.15) is 0 Å². The van der Waals surface area contributed by atoms with Gasteiger partial charge >= 0.3 is 6.09 Å². The van der Waals surface area contributed by atoms with Crippen LogP contribution in [0.25, 0.3) is 16.0 Å². The van der Waals surface area contributed by atoms with Crippen molar-refractivity contribution in [2.24, 2.45) is 11.8 Å². The maximum absolute atomic E-state index is 12.3. The van der Waals surface area contributed by atoms with Gasteiger partial charge < -0.3 is 9.58 Å². The molecule has 1 unspecified atom stereocenters. The van der Waals surface area contributed by atoms with Crippen molar-refractivity contribution in [3.8, 4) is 11.1 Å². The SMILES string of the molecule is [C-]#[N+]C1(c2ccc(-c3ccc(N4C[C@H](Cn5ccnn5)OC4=O)cc3)cn2)[C@@H]2CS(=O)(=O)C[C@@H]21. The lowest BCUT2D eigenvalue weighted by Gasteiger charge is -2.14. The molecule has 1 amide bonds. The van der Waals surface area contributed by atoms with Gasteiger partial charge in [0.1, 0.15) is 11.8 Å². The molecule has 6 rings (SSSR count). The lowest BCUT2D eigenvalue weighted by Crippen LogP contribution is -2.26. The van der Waals surface area contributed by atoms with Crippen molar-refractivity contribution in [1.29, 1.82) is 0 Å². The minimum Gasteiger partial charge on any atom is -0.442 e. The molecule has 4 heterocycles. The molecule has 3 aromatic rings. The van der Waals surface area contributed by atoms with Crippen molar-refractivity contribution in [3.05, 3.63) is 72.1 Å². The van der Waals surface area contributed by atoms with Gasteiger partial charge in [-0.3, -0.25) is 9.88 Å². The van der Waals surface area contributed by atoms with E-state index in [-0.39, 0.29) is 29.4 Å². The second-order valence-corrected chi connectivity index (χ2v) is 11.1. The number of carbonyl (C=O) groups is 1. The van der Waals surface area contributed by atoms with Gasteiger partial charge in [-0.05, 0) is 23.8 Å². The number of amides is 1. The third-order valence-electron chi connectivity index (χ3n) is 6.98. The van der Waals surface area contributed by atoms with Gasteiger partial charge in [0.05, 0.1) is 42.6 Å². The van der Waals surface area contributed by atoms with Gasteiger partial charge in [-0.15, -0.1) is 5.10 Å². The Morgan fingerprint density at radius 3 is 2.47 bits per heavy atom. The van der Waals surface area contributed by atoms with Crippen LogP contribution in [-0.4, -0.2) is 58.6 Å². The van der Waals surface area contributed by atoms with Crippen LogP contribution in [0.15, 0.2) is 55.0 Å². The maximum atomic E-state index is 12.3. The highest BCUT2D eigenvalue weighted by Gasteiger charge is 2.79. The zero-order valence-electron chi connectivity index (χ0n) is 18.0. The van der Waals surface area contributed by atoms with Crippen LogP contribution in [0.2, 0.25) is 0 Å². The first-order valence-corrected chi connectivity index (χ1v) is 12.7. The summed E-state index contributed by atoms with van der Waals surface area (Å²) in [5.74, 6) is -0.157. The number of hydrogen-bond acceptors (Lipinski definition) is 7. The van der Waals surface area contributed by atoms with E-state index in [1.807, 2.05) is 36.4 Å². The number of aromatic nitrogens is 4. The maximum Gasteiger partial charge on any atom is 0.414 e. The number of ether oxygens (including phenoxy) is 1. The third-order valence-corrected chi connectivity index (χ3v) is 8.72. The Morgan fingerprint density at radius 1 is 1.12 bits per heavy atom. The molecule has 4 atom stereocenters. The number of hydrogen-bond donors (Lipinski definition) is 0. The second-order valence-electron chi connectivity index (χ2n) is 8.95. The Kier molecular flexibility index (Phi) is 4.50. The fraction of sp³-hybridized carbons (Fsp3) is 0.348. The van der Waals surface area contributed by atoms with E-state index < -0.39 is 21.5 Å². The minimum absolute atomic E-state index is 0.0730. The van der Waals surface area contributed by atoms with E-state index in [0.717, 1.165) is 16.8 Å². The van der Waals surface area contributed by atoms with Gasteiger partial charge in [0, 0.05) is 23.6 Å². The Hall–Kier alpha value is -3.78. The molecular formula is C23H20N6O4S. The average Bonchev–Trinajstić information content (AvgIpc) is 3.29. The Morgan fingerprint density at radius 2 is 1.85 bits per heavy atom. The first kappa shape index (κ1) is 20.8. The summed E-state index contributed by atoms with van der Waals surface area (Å²) >= 11 is 0. The fourth-order valence-corrected chi connectivity index (χ4v) is 7.43. The number of benzene rings is 1. The van der Waals surface area contributed by atoms with Gasteiger partial charge in [0.25, 0.3) is 5.54 Å². The average molecular weight is 477 g/mol. The summed E-state index contributed by atoms with van der Waals surface area (Å²) < 4.78 is 30.7. The van der Waals surface area contributed by atoms with Crippen LogP contribution in [0, 0.1) is 18.4 Å². The first-order chi connectivity index (χ1) is 16.4. The van der Waals surface area contributed by atoms with E-state index in [2.05, 4.69) is 20.1 Å². The second kappa shape index (κ2) is 7.36. The van der Waals surface area contributed by atoms with Crippen molar-refractivity contribution in [3.63, 3.8) is 0 Å². The summed E-state index contributed by atoms with van der Waals surface area (Å²) in [6, 6.07) is 11.3. The van der Waals surface area contributed by atoms with Crippen molar-refractivity contribution in [1.82, 2.24) is 20.0 Å². The lowest BCUT2D eigenvalue weighted by atomic mass is 10.0. The summed E-state index contributed by atoms with van der Waals surface area (Å²) in [7, 11) is -3.03. The van der Waals surface area contributed by atoms with Crippen molar-refractivity contribution < 1.29 is 17.9 Å². The Labute approximate surface area is 195 Å². The molecule has 34 heavy (non-hydrogen) atoms. The largest absolute Gasteiger partial charge is 0.442 e. The predicted octanol–water partition coefficient (Wildman–Crippen LogP) is 2.15. The summed E-state index contributed by atoms with van der Waals surface area (Å²) in [4.78, 5) is 22.3. The van der Waals surface area contributed by atoms with E-state index in [4.69, 9.17) is 11.3 Å². The molecule has 172 valence electrons. The molecule has 0 N–H and O–H groups in total. The van der Waals surface area contributed by atoms with E-state index in [9.17, 15) is 13.2 Å². The minimum atomic E-state index is -3.03. The monoisotopic (exact) mass is 476 g/mol. The quantitative estimate of drug-likeness (QED) is 0.519. The van der Waals surface area contributed by atoms with Crippen molar-refractivity contribution >= 4 is 21.6 Å². The number of cyclic esters (lactones) is 1. The normalized spacial score (nSPS) is 28.9. The molecule has 3 aliphatic rings. The number of anilines is 1. The summed E-state index contributed by atoms with van der Waals surface area (Å²) in [5, 5.41) is 7.67. The van der Waals surface area contributed by atoms with Crippen LogP contribution >= 0.6 is 0 Å². The van der Waals surface area contributed by atoms with Gasteiger partial charge in [0.15, 0.2) is 9.84 Å². The zero-order valence-corrected chi connectivity index (χ0v) is 18.8. The third kappa shape index (κ3) is 3.25. The van der Waals surface area contributed by atoms with Gasteiger partial charge in [-0.25, -0.2) is 24.5 Å². The summed E-state index contributed by atoms with van der Waals surface area (Å²) in [6.07, 6.45) is 4.32. The standard InChI is InChI=1S/C23H20N6O4S/c1-24-23(19-13-34(31,32)14-20(19)23)21-7-4-16(10-25-21)15-2-5-17(6-3-15)29-12-18(33-22(29)30)11-28-9-8-26-27-28/h2-10,18-20H,11-14H2/t18-,19-,20+,23?/m0/s1. The van der Waals surface area contributed by atoms with Gasteiger partial charge in [0.2, 0.25) is 0 Å². The predicted molar refractivity (Wildman–Crippen MR) is 121 cm³/mol. The molecule has 2 saturated heterocycles. The van der Waals surface area contributed by atoms with E-state index in [1.165, 1.54) is 0 Å². The molecule has 11 heteroatoms. The van der Waals surface area contributed by atoms with Crippen molar-refractivity contribution in [2.45, 2.75) is 18.2 Å². The van der Waals surface area contributed by atoms with Crippen molar-refractivity contribution in [2.75, 3.05) is 23.0 Å². The number of pyridine rings is 1. The number of nitrogens with zero attached hydrogens (tertiary/aromatic N) is 6. The Balaban J connectivity index is 1.16. The highest BCUT2D eigenvalue weighted by molar-refractivity contribution is 7.91. The highest BCUT2D eigenvalue weighted by atomic mass is 32.2. The van der Waals surface area contributed by atoms with Crippen LogP contribution < -0.4 is 4.90 Å². The van der Waals surface area contributed by atoms with E-state index >= 15 is 0 Å². The number of carbonyl (C=O) groups excluding carboxylic acids is 1. The van der Waals surface area contributed by atoms with E-state index in [1.54, 1.807) is 28.2 Å². The number of sulfone groups is 1. The van der Waals surface area contributed by atoms with Crippen LogP contribution in [0.3, 0.4) is 0 Å². The van der Waals surface area contributed by atoms with Crippen LogP contribution in [0.1, 0.15) is 5.69 Å². The molecule has 2 aromatic heterocycles. The van der Waals surface area contributed by atoms with Crippen LogP contribution in [0.4, 0.5) is 10.5 Å².